The predicted octanol–water partition coefficient (Wildman–Crippen LogP) is 4.40. The smallest absolute Gasteiger partial charge is 0.416 e. The molecule has 5 aromatic rings. The minimum absolute atomic E-state index is 0.0393. The van der Waals surface area contributed by atoms with Crippen LogP contribution in [0.5, 0.6) is 5.75 Å². The van der Waals surface area contributed by atoms with Gasteiger partial charge < -0.3 is 62.2 Å². The Labute approximate surface area is 461 Å². The van der Waals surface area contributed by atoms with E-state index in [4.69, 9.17) is 15.2 Å². The second-order valence-electron chi connectivity index (χ2n) is 20.3. The molecule has 10 N–H and O–H groups in total. The standard InChI is InChI=1S/C57H66N12O11/c1-34-48-31-67(37-22-25-59-26-23-37)27-28-68(48)47-29-46(42-13-6-7-15-49(42)70)65-66-52(47)69(34)57(78)80-32-35-16-18-36(19-17-35)62-54(75)44(14-8-24-60-55(58)76)63-50(71)30-61-53(74)45(20-21-51(72)73)64-56(77)79-33-43-40-11-4-2-9-38(40)39-10-3-5-12-41(39)43/h2-7,9-13,15-19,29,34,37,43-45,48,59,70H,8,14,20-28,30-33H2,1H3,(H,61,74)(H,62,75)(H,63,71)(H,64,77)(H,72,73)(H3,58,60,76)/t34-,44-,45-,48-/m0/s1. The van der Waals surface area contributed by atoms with E-state index in [1.165, 1.54) is 0 Å². The third kappa shape index (κ3) is 13.4. The molecule has 23 nitrogen and oxygen atoms in total. The number of carbonyl (C=O) groups is 7. The van der Waals surface area contributed by atoms with E-state index in [0.29, 0.717) is 46.6 Å². The highest BCUT2D eigenvalue weighted by atomic mass is 16.6. The van der Waals surface area contributed by atoms with Gasteiger partial charge in [0.25, 0.3) is 0 Å². The maximum atomic E-state index is 14.2. The number of primary amides is 1. The zero-order chi connectivity index (χ0) is 56.3. The molecule has 4 aliphatic rings. The number of rotatable bonds is 20. The normalized spacial score (nSPS) is 17.5. The van der Waals surface area contributed by atoms with Crippen molar-refractivity contribution in [3.05, 3.63) is 120 Å². The van der Waals surface area contributed by atoms with Gasteiger partial charge in [0.1, 0.15) is 31.0 Å². The molecule has 1 aliphatic carbocycles. The number of carboxylic acids is 1. The number of hydrogen-bond acceptors (Lipinski definition) is 15. The number of fused-ring (bicyclic) bond motifs is 6. The summed E-state index contributed by atoms with van der Waals surface area (Å²) in [7, 11) is 0. The number of aromatic nitrogens is 2. The van der Waals surface area contributed by atoms with Gasteiger partial charge in [-0.25, -0.2) is 14.4 Å². The molecule has 7 amide bonds. The first-order valence-electron chi connectivity index (χ1n) is 26.9. The molecular weight excluding hydrogens is 1030 g/mol. The molecule has 0 unspecified atom stereocenters. The third-order valence-corrected chi connectivity index (χ3v) is 15.1. The number of urea groups is 1. The number of benzene rings is 4. The van der Waals surface area contributed by atoms with Crippen molar-refractivity contribution < 1.29 is 53.2 Å². The van der Waals surface area contributed by atoms with Gasteiger partial charge in [0.15, 0.2) is 5.82 Å². The van der Waals surface area contributed by atoms with Crippen molar-refractivity contribution in [1.82, 2.24) is 41.7 Å². The number of carbonyl (C=O) groups excluding carboxylic acids is 6. The number of nitrogens with one attached hydrogen (secondary N) is 6. The van der Waals surface area contributed by atoms with Gasteiger partial charge in [-0.2, -0.15) is 0 Å². The van der Waals surface area contributed by atoms with Crippen molar-refractivity contribution in [2.75, 3.05) is 67.5 Å². The van der Waals surface area contributed by atoms with Crippen molar-refractivity contribution in [3.63, 3.8) is 0 Å². The molecule has 420 valence electrons. The number of aromatic hydroxyl groups is 1. The minimum Gasteiger partial charge on any atom is -0.507 e. The zero-order valence-corrected chi connectivity index (χ0v) is 44.3. The van der Waals surface area contributed by atoms with Crippen LogP contribution in [0.3, 0.4) is 0 Å². The van der Waals surface area contributed by atoms with Crippen LogP contribution in [0.15, 0.2) is 103 Å². The van der Waals surface area contributed by atoms with Crippen molar-refractivity contribution in [3.8, 4) is 28.1 Å². The predicted molar refractivity (Wildman–Crippen MR) is 296 cm³/mol. The monoisotopic (exact) mass is 1090 g/mol. The molecule has 3 aliphatic heterocycles. The first kappa shape index (κ1) is 55.9. The van der Waals surface area contributed by atoms with Crippen LogP contribution < -0.4 is 47.4 Å². The van der Waals surface area contributed by atoms with E-state index in [0.717, 1.165) is 61.3 Å². The summed E-state index contributed by atoms with van der Waals surface area (Å²) < 4.78 is 11.5. The number of piperidine rings is 1. The minimum atomic E-state index is -1.39. The number of para-hydroxylation sites is 1. The summed E-state index contributed by atoms with van der Waals surface area (Å²) in [6, 6.07) is 27.5. The van der Waals surface area contributed by atoms with Gasteiger partial charge in [-0.05, 0) is 110 Å². The summed E-state index contributed by atoms with van der Waals surface area (Å²) >= 11 is 0. The number of hydrogen-bond donors (Lipinski definition) is 9. The molecule has 23 heteroatoms. The van der Waals surface area contributed by atoms with Crippen LogP contribution in [-0.4, -0.2) is 150 Å². The van der Waals surface area contributed by atoms with E-state index in [9.17, 15) is 43.8 Å². The summed E-state index contributed by atoms with van der Waals surface area (Å²) in [5, 5.41) is 45.3. The summed E-state index contributed by atoms with van der Waals surface area (Å²) in [5.74, 6) is -3.33. The molecule has 2 saturated heterocycles. The first-order valence-corrected chi connectivity index (χ1v) is 26.9. The molecule has 0 saturated carbocycles. The van der Waals surface area contributed by atoms with Crippen LogP contribution in [0.1, 0.15) is 68.1 Å². The molecule has 4 aromatic carbocycles. The molecule has 80 heavy (non-hydrogen) atoms. The molecule has 1 aromatic heterocycles. The lowest BCUT2D eigenvalue weighted by molar-refractivity contribution is -0.137. The van der Waals surface area contributed by atoms with Gasteiger partial charge in [0, 0.05) is 55.8 Å². The Balaban J connectivity index is 0.805. The average molecular weight is 1100 g/mol. The molecule has 2 fully saturated rings. The number of nitrogens with zero attached hydrogens (tertiary/aromatic N) is 5. The molecule has 4 atom stereocenters. The highest BCUT2D eigenvalue weighted by Gasteiger charge is 2.45. The fourth-order valence-electron chi connectivity index (χ4n) is 11.0. The number of amides is 7. The van der Waals surface area contributed by atoms with Crippen molar-refractivity contribution in [1.29, 1.82) is 0 Å². The van der Waals surface area contributed by atoms with Gasteiger partial charge in [0.2, 0.25) is 17.7 Å². The highest BCUT2D eigenvalue weighted by Crippen LogP contribution is 2.45. The van der Waals surface area contributed by atoms with E-state index in [2.05, 4.69) is 51.9 Å². The van der Waals surface area contributed by atoms with Gasteiger partial charge in [-0.1, -0.05) is 72.8 Å². The largest absolute Gasteiger partial charge is 0.507 e. The number of carboxylic acid groups (broad SMARTS) is 1. The fraction of sp³-hybridized carbons (Fsp3) is 0.386. The molecule has 0 radical (unpaired) electrons. The Morgan fingerprint density at radius 3 is 2.15 bits per heavy atom. The summed E-state index contributed by atoms with van der Waals surface area (Å²) in [6.45, 7) is 5.45. The Hall–Kier alpha value is -8.83. The number of piperazine rings is 1. The Bertz CT molecular complexity index is 3040. The number of alkyl carbamates (subject to hydrolysis) is 1. The molecule has 0 bridgehead atoms. The maximum Gasteiger partial charge on any atom is 0.416 e. The van der Waals surface area contributed by atoms with E-state index in [-0.39, 0.29) is 62.8 Å². The Kier molecular flexibility index (Phi) is 18.0. The zero-order valence-electron chi connectivity index (χ0n) is 44.3. The first-order chi connectivity index (χ1) is 38.7. The van der Waals surface area contributed by atoms with Gasteiger partial charge in [-0.3, -0.25) is 29.0 Å². The van der Waals surface area contributed by atoms with Crippen molar-refractivity contribution in [2.45, 2.75) is 88.2 Å². The third-order valence-electron chi connectivity index (χ3n) is 15.1. The SMILES string of the molecule is C[C@H]1[C@@H]2CN(C3CCNCC3)CCN2c2cc(-c3ccccc3O)nnc2N1C(=O)OCc1ccc(NC(=O)[C@H](CCCNC(N)=O)NC(=O)CNC(=O)[C@H](CCC(=O)O)NC(=O)OCC2c3ccccc3-c3ccccc32)cc1. The summed E-state index contributed by atoms with van der Waals surface area (Å²) in [4.78, 5) is 97.2. The maximum absolute atomic E-state index is 14.2. The van der Waals surface area contributed by atoms with E-state index < -0.39 is 67.0 Å². The Morgan fingerprint density at radius 1 is 0.787 bits per heavy atom. The topological polar surface area (TPSA) is 312 Å². The lowest BCUT2D eigenvalue weighted by atomic mass is 9.95. The molecule has 9 rings (SSSR count). The van der Waals surface area contributed by atoms with E-state index in [1.807, 2.05) is 67.6 Å². The number of nitrogens with two attached hydrogens (primary N) is 1. The van der Waals surface area contributed by atoms with Crippen LogP contribution in [-0.2, 0) is 35.3 Å². The molecular formula is C57H66N12O11. The number of aliphatic carboxylic acids is 1. The quantitative estimate of drug-likeness (QED) is 0.0488. The second kappa shape index (κ2) is 25.8. The van der Waals surface area contributed by atoms with E-state index in [1.54, 1.807) is 47.4 Å². The number of anilines is 3. The molecule has 0 spiro atoms. The number of ether oxygens (including phenoxy) is 2. The lowest BCUT2D eigenvalue weighted by Gasteiger charge is -2.52. The van der Waals surface area contributed by atoms with Crippen LogP contribution in [0.2, 0.25) is 0 Å². The average Bonchev–Trinajstić information content (AvgIpc) is 3.87. The fourth-order valence-corrected chi connectivity index (χ4v) is 11.0. The van der Waals surface area contributed by atoms with Crippen molar-refractivity contribution >= 4 is 59.1 Å². The van der Waals surface area contributed by atoms with Crippen LogP contribution in [0.4, 0.5) is 31.6 Å². The van der Waals surface area contributed by atoms with Crippen LogP contribution in [0, 0.1) is 0 Å². The number of phenolic OH excluding ortho intramolecular Hbond substituents is 1. The molecule has 4 heterocycles. The van der Waals surface area contributed by atoms with Gasteiger partial charge in [-0.15, -0.1) is 10.2 Å². The van der Waals surface area contributed by atoms with E-state index >= 15 is 0 Å². The summed E-state index contributed by atoms with van der Waals surface area (Å²) in [6.07, 6.45) is -0.0288. The van der Waals surface area contributed by atoms with Crippen LogP contribution >= 0.6 is 0 Å². The lowest BCUT2D eigenvalue weighted by Crippen LogP contribution is -2.66. The summed E-state index contributed by atoms with van der Waals surface area (Å²) in [5.41, 5.74) is 11.9. The van der Waals surface area contributed by atoms with Crippen molar-refractivity contribution in [2.24, 2.45) is 5.73 Å². The highest BCUT2D eigenvalue weighted by molar-refractivity contribution is 5.98. The van der Waals surface area contributed by atoms with Gasteiger partial charge in [0.05, 0.1) is 30.0 Å². The Morgan fingerprint density at radius 2 is 1.46 bits per heavy atom. The van der Waals surface area contributed by atoms with Gasteiger partial charge >= 0.3 is 24.2 Å². The number of phenols is 1. The second-order valence-corrected chi connectivity index (χ2v) is 20.3. The van der Waals surface area contributed by atoms with Crippen LogP contribution in [0.25, 0.3) is 22.4 Å².